The third kappa shape index (κ3) is 4.14. The Morgan fingerprint density at radius 1 is 1.40 bits per heavy atom. The monoisotopic (exact) mass is 273 g/mol. The van der Waals surface area contributed by atoms with E-state index in [0.717, 1.165) is 0 Å². The maximum Gasteiger partial charge on any atom is 0.269 e. The number of nitrogens with one attached hydrogen (secondary N) is 2. The predicted molar refractivity (Wildman–Crippen MR) is 73.8 cm³/mol. The average molecular weight is 273 g/mol. The van der Waals surface area contributed by atoms with E-state index < -0.39 is 11.8 Å². The normalized spacial score (nSPS) is 10.3. The number of nitrogens with zero attached hydrogens (tertiary/aromatic N) is 1. The zero-order valence-electron chi connectivity index (χ0n) is 11.3. The number of imide groups is 1. The van der Waals surface area contributed by atoms with Crippen LogP contribution in [-0.2, 0) is 9.59 Å². The molecule has 1 rings (SSSR count). The fourth-order valence-electron chi connectivity index (χ4n) is 1.34. The molecule has 0 fully saturated rings. The molecule has 0 bridgehead atoms. The first-order valence-electron chi connectivity index (χ1n) is 5.96. The number of rotatable bonds is 5. The van der Waals surface area contributed by atoms with Crippen molar-refractivity contribution in [3.05, 3.63) is 36.0 Å². The number of carbonyl (C=O) groups is 2. The van der Waals surface area contributed by atoms with Crippen LogP contribution >= 0.6 is 0 Å². The zero-order chi connectivity index (χ0) is 15.0. The minimum atomic E-state index is -0.734. The van der Waals surface area contributed by atoms with E-state index in [9.17, 15) is 9.59 Å². The molecule has 0 saturated carbocycles. The van der Waals surface area contributed by atoms with E-state index in [1.54, 1.807) is 37.3 Å². The highest BCUT2D eigenvalue weighted by Gasteiger charge is 2.11. The summed E-state index contributed by atoms with van der Waals surface area (Å²) in [6.45, 7) is 1.62. The van der Waals surface area contributed by atoms with Crippen molar-refractivity contribution in [2.24, 2.45) is 0 Å². The summed E-state index contributed by atoms with van der Waals surface area (Å²) >= 11 is 0. The standard InChI is InChI=1S/C14H15N3O3/c1-3-13(18)17-14(19)10(8-15)9-16-11-6-4-5-7-12(11)20-2/h4-7,9,16H,3H2,1-2H3,(H,17,18,19)/b10-9+. The number of amides is 2. The summed E-state index contributed by atoms with van der Waals surface area (Å²) in [6, 6.07) is 8.79. The summed E-state index contributed by atoms with van der Waals surface area (Å²) in [5.74, 6) is -0.596. The van der Waals surface area contributed by atoms with Gasteiger partial charge in [0.05, 0.1) is 12.8 Å². The van der Waals surface area contributed by atoms with Gasteiger partial charge in [-0.1, -0.05) is 19.1 Å². The first-order valence-corrected chi connectivity index (χ1v) is 5.96. The van der Waals surface area contributed by atoms with Gasteiger partial charge in [-0.2, -0.15) is 5.26 Å². The number of ether oxygens (including phenoxy) is 1. The molecule has 0 spiro atoms. The molecule has 0 atom stereocenters. The first kappa shape index (κ1) is 15.2. The number of benzene rings is 1. The van der Waals surface area contributed by atoms with Crippen molar-refractivity contribution < 1.29 is 14.3 Å². The predicted octanol–water partition coefficient (Wildman–Crippen LogP) is 1.57. The molecule has 2 amide bonds. The molecule has 0 aliphatic rings. The summed E-state index contributed by atoms with van der Waals surface area (Å²) in [6.07, 6.45) is 1.40. The van der Waals surface area contributed by atoms with Crippen LogP contribution in [0.3, 0.4) is 0 Å². The summed E-state index contributed by atoms with van der Waals surface area (Å²) < 4.78 is 5.12. The molecule has 1 aromatic carbocycles. The Bertz CT molecular complexity index is 573. The zero-order valence-corrected chi connectivity index (χ0v) is 11.3. The molecule has 0 aliphatic carbocycles. The van der Waals surface area contributed by atoms with Gasteiger partial charge in [0.2, 0.25) is 5.91 Å². The summed E-state index contributed by atoms with van der Waals surface area (Å²) in [4.78, 5) is 22.7. The second-order valence-electron chi connectivity index (χ2n) is 3.75. The molecular formula is C14H15N3O3. The number of hydrogen-bond acceptors (Lipinski definition) is 5. The molecule has 2 N–H and O–H groups in total. The van der Waals surface area contributed by atoms with Gasteiger partial charge in [0.1, 0.15) is 17.4 Å². The maximum atomic E-state index is 11.6. The Hall–Kier alpha value is -2.81. The van der Waals surface area contributed by atoms with Gasteiger partial charge in [-0.15, -0.1) is 0 Å². The maximum absolute atomic E-state index is 11.6. The van der Waals surface area contributed by atoms with Gasteiger partial charge < -0.3 is 10.1 Å². The number of anilines is 1. The van der Waals surface area contributed by atoms with Crippen LogP contribution in [0.5, 0.6) is 5.75 Å². The van der Waals surface area contributed by atoms with Crippen molar-refractivity contribution in [1.29, 1.82) is 5.26 Å². The third-order valence-electron chi connectivity index (χ3n) is 2.42. The Labute approximate surface area is 117 Å². The number of nitriles is 1. The molecule has 0 saturated heterocycles. The lowest BCUT2D eigenvalue weighted by Crippen LogP contribution is -2.30. The van der Waals surface area contributed by atoms with Gasteiger partial charge in [0.25, 0.3) is 5.91 Å². The smallest absolute Gasteiger partial charge is 0.269 e. The minimum absolute atomic E-state index is 0.171. The Morgan fingerprint density at radius 3 is 2.70 bits per heavy atom. The summed E-state index contributed by atoms with van der Waals surface area (Å²) in [7, 11) is 1.52. The molecular weight excluding hydrogens is 258 g/mol. The van der Waals surface area contributed by atoms with E-state index in [2.05, 4.69) is 10.6 Å². The SMILES string of the molecule is CCC(=O)NC(=O)/C(C#N)=C/Nc1ccccc1OC. The van der Waals surface area contributed by atoms with E-state index in [-0.39, 0.29) is 12.0 Å². The average Bonchev–Trinajstić information content (AvgIpc) is 2.48. The highest BCUT2D eigenvalue weighted by molar-refractivity contribution is 6.06. The van der Waals surface area contributed by atoms with E-state index in [1.807, 2.05) is 0 Å². The van der Waals surface area contributed by atoms with Crippen LogP contribution in [0.15, 0.2) is 36.0 Å². The van der Waals surface area contributed by atoms with Crippen LogP contribution in [0.1, 0.15) is 13.3 Å². The molecule has 6 heteroatoms. The molecule has 1 aromatic rings. The molecule has 0 heterocycles. The second-order valence-corrected chi connectivity index (χ2v) is 3.75. The van der Waals surface area contributed by atoms with Crippen molar-refractivity contribution in [3.63, 3.8) is 0 Å². The van der Waals surface area contributed by atoms with E-state index >= 15 is 0 Å². The minimum Gasteiger partial charge on any atom is -0.495 e. The van der Waals surface area contributed by atoms with Gasteiger partial charge in [-0.3, -0.25) is 14.9 Å². The number of hydrogen-bond donors (Lipinski definition) is 2. The van der Waals surface area contributed by atoms with Gasteiger partial charge in [-0.25, -0.2) is 0 Å². The molecule has 0 aliphatic heterocycles. The molecule has 0 radical (unpaired) electrons. The highest BCUT2D eigenvalue weighted by Crippen LogP contribution is 2.23. The van der Waals surface area contributed by atoms with Crippen molar-refractivity contribution in [2.75, 3.05) is 12.4 Å². The molecule has 0 aromatic heterocycles. The highest BCUT2D eigenvalue weighted by atomic mass is 16.5. The van der Waals surface area contributed by atoms with Gasteiger partial charge in [0, 0.05) is 12.6 Å². The quantitative estimate of drug-likeness (QED) is 0.627. The van der Waals surface area contributed by atoms with Crippen molar-refractivity contribution >= 4 is 17.5 Å². The Morgan fingerprint density at radius 2 is 2.10 bits per heavy atom. The summed E-state index contributed by atoms with van der Waals surface area (Å²) in [5.41, 5.74) is 0.412. The largest absolute Gasteiger partial charge is 0.495 e. The van der Waals surface area contributed by atoms with Crippen LogP contribution in [0.25, 0.3) is 0 Å². The summed E-state index contributed by atoms with van der Waals surface area (Å²) in [5, 5.41) is 13.8. The van der Waals surface area contributed by atoms with Gasteiger partial charge in [0.15, 0.2) is 0 Å². The van der Waals surface area contributed by atoms with Crippen molar-refractivity contribution in [3.8, 4) is 11.8 Å². The van der Waals surface area contributed by atoms with Gasteiger partial charge >= 0.3 is 0 Å². The first-order chi connectivity index (χ1) is 9.62. The topological polar surface area (TPSA) is 91.2 Å². The lowest BCUT2D eigenvalue weighted by atomic mass is 10.2. The van der Waals surface area contributed by atoms with Crippen LogP contribution in [0.2, 0.25) is 0 Å². The Balaban J connectivity index is 2.83. The molecule has 6 nitrogen and oxygen atoms in total. The van der Waals surface area contributed by atoms with Crippen LogP contribution in [0, 0.1) is 11.3 Å². The van der Waals surface area contributed by atoms with Crippen molar-refractivity contribution in [1.82, 2.24) is 5.32 Å². The lowest BCUT2D eigenvalue weighted by Gasteiger charge is -2.08. The van der Waals surface area contributed by atoms with Crippen LogP contribution < -0.4 is 15.4 Å². The fraction of sp³-hybridized carbons (Fsp3) is 0.214. The number of methoxy groups -OCH3 is 1. The molecule has 104 valence electrons. The van der Waals surface area contributed by atoms with Crippen LogP contribution in [-0.4, -0.2) is 18.9 Å². The lowest BCUT2D eigenvalue weighted by molar-refractivity contribution is -0.128. The van der Waals surface area contributed by atoms with E-state index in [0.29, 0.717) is 11.4 Å². The number of carbonyl (C=O) groups excluding carboxylic acids is 2. The second kappa shape index (κ2) is 7.59. The van der Waals surface area contributed by atoms with E-state index in [4.69, 9.17) is 10.00 Å². The van der Waals surface area contributed by atoms with Crippen LogP contribution in [0.4, 0.5) is 5.69 Å². The molecule has 0 unspecified atom stereocenters. The molecule has 20 heavy (non-hydrogen) atoms. The Kier molecular flexibility index (Phi) is 5.78. The third-order valence-corrected chi connectivity index (χ3v) is 2.42. The van der Waals surface area contributed by atoms with E-state index in [1.165, 1.54) is 13.3 Å². The number of para-hydroxylation sites is 2. The van der Waals surface area contributed by atoms with Crippen molar-refractivity contribution in [2.45, 2.75) is 13.3 Å². The van der Waals surface area contributed by atoms with Gasteiger partial charge in [-0.05, 0) is 12.1 Å². The fourth-order valence-corrected chi connectivity index (χ4v) is 1.34.